The first-order chi connectivity index (χ1) is 15.0. The number of nitrogens with zero attached hydrogens (tertiary/aromatic N) is 1. The van der Waals surface area contributed by atoms with Crippen LogP contribution in [-0.4, -0.2) is 50.8 Å². The zero-order valence-electron chi connectivity index (χ0n) is 18.3. The number of carbonyl (C=O) groups is 1. The normalized spacial score (nSPS) is 25.5. The third-order valence-corrected chi connectivity index (χ3v) is 7.27. The number of likely N-dealkylation sites (tertiary alicyclic amines) is 1. The van der Waals surface area contributed by atoms with Crippen LogP contribution < -0.4 is 20.1 Å². The maximum atomic E-state index is 12.6. The van der Waals surface area contributed by atoms with Gasteiger partial charge in [-0.15, -0.1) is 0 Å². The quantitative estimate of drug-likeness (QED) is 0.704. The molecule has 1 heterocycles. The van der Waals surface area contributed by atoms with Crippen LogP contribution in [0.25, 0.3) is 0 Å². The van der Waals surface area contributed by atoms with Crippen molar-refractivity contribution in [1.29, 1.82) is 0 Å². The summed E-state index contributed by atoms with van der Waals surface area (Å²) in [6, 6.07) is 13.8. The predicted molar refractivity (Wildman–Crippen MR) is 124 cm³/mol. The minimum atomic E-state index is -0.211. The lowest BCUT2D eigenvalue weighted by Crippen LogP contribution is -2.52. The van der Waals surface area contributed by atoms with Gasteiger partial charge in [0.2, 0.25) is 0 Å². The van der Waals surface area contributed by atoms with Gasteiger partial charge in [0.25, 0.3) is 0 Å². The number of anilines is 1. The summed E-state index contributed by atoms with van der Waals surface area (Å²) in [5, 5.41) is 6.56. The molecule has 1 aliphatic heterocycles. The second kappa shape index (κ2) is 8.97. The molecule has 31 heavy (non-hydrogen) atoms. The molecule has 7 heteroatoms. The van der Waals surface area contributed by atoms with Gasteiger partial charge in [-0.2, -0.15) is 0 Å². The van der Waals surface area contributed by atoms with Crippen LogP contribution in [-0.2, 0) is 5.41 Å². The van der Waals surface area contributed by atoms with Crippen LogP contribution in [0.5, 0.6) is 11.5 Å². The number of hydrogen-bond donors (Lipinski definition) is 2. The van der Waals surface area contributed by atoms with E-state index in [0.29, 0.717) is 16.8 Å². The monoisotopic (exact) mass is 443 g/mol. The number of likely N-dealkylation sites (N-methyl/N-ethyl adjacent to an activating group) is 1. The summed E-state index contributed by atoms with van der Waals surface area (Å²) in [5.74, 6) is 1.51. The number of hydrogen-bond acceptors (Lipinski definition) is 4. The van der Waals surface area contributed by atoms with Crippen molar-refractivity contribution in [2.24, 2.45) is 0 Å². The van der Waals surface area contributed by atoms with Crippen molar-refractivity contribution >= 4 is 23.3 Å². The van der Waals surface area contributed by atoms with Gasteiger partial charge in [-0.3, -0.25) is 0 Å². The van der Waals surface area contributed by atoms with Gasteiger partial charge in [0.1, 0.15) is 0 Å². The fourth-order valence-corrected chi connectivity index (χ4v) is 5.48. The van der Waals surface area contributed by atoms with Gasteiger partial charge in [0.05, 0.1) is 24.9 Å². The molecule has 1 aliphatic carbocycles. The predicted octanol–water partition coefficient (Wildman–Crippen LogP) is 4.67. The molecule has 0 unspecified atom stereocenters. The molecule has 3 atom stereocenters. The molecule has 6 nitrogen and oxygen atoms in total. The molecular weight excluding hydrogens is 414 g/mol. The first kappa shape index (κ1) is 21.8. The molecule has 2 N–H and O–H groups in total. The van der Waals surface area contributed by atoms with E-state index < -0.39 is 0 Å². The minimum Gasteiger partial charge on any atom is -0.493 e. The third kappa shape index (κ3) is 4.19. The Balaban J connectivity index is 1.49. The molecule has 0 spiro atoms. The van der Waals surface area contributed by atoms with E-state index in [0.717, 1.165) is 43.7 Å². The van der Waals surface area contributed by atoms with Crippen LogP contribution in [0.15, 0.2) is 42.5 Å². The standard InChI is InChI=1S/C24H30ClN3O3/c1-28-13-12-24(16-8-9-20(30-2)21(14-16)31-3)11-10-17(15-22(24)28)26-23(29)27-19-7-5-4-6-18(19)25/h4-9,14,17,22H,10-13,15H2,1-3H3,(H2,26,27,29)/t17-,22+,24+/m1/s1. The van der Waals surface area contributed by atoms with Gasteiger partial charge in [-0.05, 0) is 69.1 Å². The molecule has 1 saturated carbocycles. The van der Waals surface area contributed by atoms with Crippen molar-refractivity contribution in [3.63, 3.8) is 0 Å². The van der Waals surface area contributed by atoms with Crippen molar-refractivity contribution in [2.75, 3.05) is 33.1 Å². The van der Waals surface area contributed by atoms with Crippen molar-refractivity contribution in [2.45, 2.75) is 43.2 Å². The number of fused-ring (bicyclic) bond motifs is 1. The number of rotatable bonds is 5. The molecule has 166 valence electrons. The molecule has 4 rings (SSSR count). The molecule has 2 aliphatic rings. The highest BCUT2D eigenvalue weighted by molar-refractivity contribution is 6.33. The maximum Gasteiger partial charge on any atom is 0.319 e. The summed E-state index contributed by atoms with van der Waals surface area (Å²) in [5.41, 5.74) is 1.97. The van der Waals surface area contributed by atoms with Gasteiger partial charge in [-0.1, -0.05) is 29.8 Å². The number of methoxy groups -OCH3 is 2. The molecule has 0 radical (unpaired) electrons. The van der Waals surface area contributed by atoms with Crippen LogP contribution in [0.4, 0.5) is 10.5 Å². The fourth-order valence-electron chi connectivity index (χ4n) is 5.30. The van der Waals surface area contributed by atoms with Gasteiger partial charge < -0.3 is 25.0 Å². The number of halogens is 1. The van der Waals surface area contributed by atoms with Crippen molar-refractivity contribution < 1.29 is 14.3 Å². The van der Waals surface area contributed by atoms with Gasteiger partial charge >= 0.3 is 6.03 Å². The Hall–Kier alpha value is -2.44. The summed E-state index contributed by atoms with van der Waals surface area (Å²) in [6.45, 7) is 1.04. The largest absolute Gasteiger partial charge is 0.493 e. The Morgan fingerprint density at radius 3 is 2.65 bits per heavy atom. The molecule has 2 aromatic carbocycles. The number of amides is 2. The van der Waals surface area contributed by atoms with Gasteiger partial charge in [0.15, 0.2) is 11.5 Å². The lowest BCUT2D eigenvalue weighted by Gasteiger charge is -2.45. The van der Waals surface area contributed by atoms with Crippen LogP contribution in [0, 0.1) is 0 Å². The van der Waals surface area contributed by atoms with Crippen LogP contribution in [0.3, 0.4) is 0 Å². The Morgan fingerprint density at radius 1 is 1.13 bits per heavy atom. The van der Waals surface area contributed by atoms with E-state index in [9.17, 15) is 4.79 Å². The number of nitrogens with one attached hydrogen (secondary N) is 2. The molecule has 0 aromatic heterocycles. The fraction of sp³-hybridized carbons (Fsp3) is 0.458. The number of carbonyl (C=O) groups excluding carboxylic acids is 1. The number of para-hydroxylation sites is 1. The second-order valence-corrected chi connectivity index (χ2v) is 8.93. The van der Waals surface area contributed by atoms with E-state index in [1.165, 1.54) is 5.56 Å². The number of urea groups is 1. The average Bonchev–Trinajstić information content (AvgIpc) is 3.12. The van der Waals surface area contributed by atoms with Crippen LogP contribution >= 0.6 is 11.6 Å². The first-order valence-corrected chi connectivity index (χ1v) is 11.1. The van der Waals surface area contributed by atoms with E-state index in [-0.39, 0.29) is 17.5 Å². The minimum absolute atomic E-state index is 0.0612. The SMILES string of the molecule is COc1ccc([C@@]23CC[C@@H](NC(=O)Nc4ccccc4Cl)C[C@@H]2N(C)CC3)cc1OC. The second-order valence-electron chi connectivity index (χ2n) is 8.52. The van der Waals surface area contributed by atoms with Crippen molar-refractivity contribution in [1.82, 2.24) is 10.2 Å². The van der Waals surface area contributed by atoms with E-state index in [2.05, 4.69) is 34.7 Å². The Labute approximate surface area is 188 Å². The molecule has 2 amide bonds. The highest BCUT2D eigenvalue weighted by Crippen LogP contribution is 2.49. The highest BCUT2D eigenvalue weighted by Gasteiger charge is 2.50. The zero-order chi connectivity index (χ0) is 22.0. The molecule has 2 fully saturated rings. The molecule has 0 bridgehead atoms. The highest BCUT2D eigenvalue weighted by atomic mass is 35.5. The Kier molecular flexibility index (Phi) is 6.30. The average molecular weight is 444 g/mol. The topological polar surface area (TPSA) is 62.8 Å². The van der Waals surface area contributed by atoms with E-state index in [1.54, 1.807) is 26.4 Å². The smallest absolute Gasteiger partial charge is 0.319 e. The van der Waals surface area contributed by atoms with Crippen LogP contribution in [0.2, 0.25) is 5.02 Å². The van der Waals surface area contributed by atoms with Crippen LogP contribution in [0.1, 0.15) is 31.2 Å². The lowest BCUT2D eigenvalue weighted by atomic mass is 9.65. The third-order valence-electron chi connectivity index (χ3n) is 6.94. The zero-order valence-corrected chi connectivity index (χ0v) is 19.0. The molecule has 1 saturated heterocycles. The van der Waals surface area contributed by atoms with Gasteiger partial charge in [-0.25, -0.2) is 4.79 Å². The molecular formula is C24H30ClN3O3. The summed E-state index contributed by atoms with van der Waals surface area (Å²) >= 11 is 6.17. The Morgan fingerprint density at radius 2 is 1.90 bits per heavy atom. The first-order valence-electron chi connectivity index (χ1n) is 10.7. The summed E-state index contributed by atoms with van der Waals surface area (Å²) in [7, 11) is 5.52. The van der Waals surface area contributed by atoms with E-state index in [4.69, 9.17) is 21.1 Å². The Bertz CT molecular complexity index is 953. The van der Waals surface area contributed by atoms with E-state index >= 15 is 0 Å². The summed E-state index contributed by atoms with van der Waals surface area (Å²) < 4.78 is 11.0. The number of ether oxygens (including phenoxy) is 2. The summed E-state index contributed by atoms with van der Waals surface area (Å²) in [4.78, 5) is 15.0. The summed E-state index contributed by atoms with van der Waals surface area (Å²) in [6.07, 6.45) is 3.94. The number of benzene rings is 2. The lowest BCUT2D eigenvalue weighted by molar-refractivity contribution is 0.156. The van der Waals surface area contributed by atoms with Crippen molar-refractivity contribution in [3.05, 3.63) is 53.1 Å². The maximum absolute atomic E-state index is 12.6. The molecule has 2 aromatic rings. The van der Waals surface area contributed by atoms with Crippen molar-refractivity contribution in [3.8, 4) is 11.5 Å². The van der Waals surface area contributed by atoms with E-state index in [1.807, 2.05) is 18.2 Å². The van der Waals surface area contributed by atoms with Gasteiger partial charge in [0, 0.05) is 17.5 Å².